The fraction of sp³-hybridized carbons (Fsp3) is 0.500. The van der Waals surface area contributed by atoms with Gasteiger partial charge in [0.2, 0.25) is 10.0 Å². The summed E-state index contributed by atoms with van der Waals surface area (Å²) in [6.45, 7) is -0.267. The third-order valence-electron chi connectivity index (χ3n) is 3.28. The molecule has 2 rings (SSSR count). The Morgan fingerprint density at radius 2 is 2.11 bits per heavy atom. The summed E-state index contributed by atoms with van der Waals surface area (Å²) in [4.78, 5) is -0.337. The van der Waals surface area contributed by atoms with Crippen LogP contribution in [0.4, 0.5) is 4.39 Å². The number of halogens is 2. The number of aliphatic hydroxyl groups excluding tert-OH is 1. The largest absolute Gasteiger partial charge is 0.395 e. The van der Waals surface area contributed by atoms with E-state index in [1.807, 2.05) is 0 Å². The molecule has 0 bridgehead atoms. The number of nitrogens with zero attached hydrogens (tertiary/aromatic N) is 1. The lowest BCUT2D eigenvalue weighted by molar-refractivity contribution is 0.178. The zero-order chi connectivity index (χ0) is 14.0. The third kappa shape index (κ3) is 2.99. The fourth-order valence-corrected chi connectivity index (χ4v) is 4.14. The van der Waals surface area contributed by atoms with Gasteiger partial charge in [0.05, 0.1) is 6.61 Å². The van der Waals surface area contributed by atoms with E-state index in [0.29, 0.717) is 4.47 Å². The van der Waals surface area contributed by atoms with Crippen molar-refractivity contribution in [2.45, 2.75) is 30.2 Å². The fourth-order valence-electron chi connectivity index (χ4n) is 2.08. The van der Waals surface area contributed by atoms with E-state index in [2.05, 4.69) is 15.9 Å². The van der Waals surface area contributed by atoms with E-state index in [1.54, 1.807) is 0 Å². The van der Waals surface area contributed by atoms with Crippen LogP contribution in [0.5, 0.6) is 0 Å². The number of sulfonamides is 1. The van der Waals surface area contributed by atoms with Gasteiger partial charge in [0.15, 0.2) is 0 Å². The smallest absolute Gasteiger partial charge is 0.246 e. The molecular weight excluding hydrogens is 337 g/mol. The Morgan fingerprint density at radius 3 is 2.58 bits per heavy atom. The summed E-state index contributed by atoms with van der Waals surface area (Å²) in [5, 5.41) is 9.02. The molecule has 0 unspecified atom stereocenters. The summed E-state index contributed by atoms with van der Waals surface area (Å²) in [5.41, 5.74) is 0. The Bertz CT molecular complexity index is 560. The standard InChI is InChI=1S/C12H15BrFNO3S/c13-9-4-5-12(11(14)8-9)19(17,18)15(6-7-16)10-2-1-3-10/h4-5,8,10,16H,1-3,6-7H2. The summed E-state index contributed by atoms with van der Waals surface area (Å²) < 4.78 is 40.4. The van der Waals surface area contributed by atoms with Gasteiger partial charge >= 0.3 is 0 Å². The first-order valence-electron chi connectivity index (χ1n) is 6.04. The van der Waals surface area contributed by atoms with Gasteiger partial charge in [-0.2, -0.15) is 4.31 Å². The summed E-state index contributed by atoms with van der Waals surface area (Å²) in [6, 6.07) is 3.75. The molecule has 1 aliphatic rings. The third-order valence-corrected chi connectivity index (χ3v) is 5.76. The van der Waals surface area contributed by atoms with Crippen molar-refractivity contribution >= 4 is 26.0 Å². The molecule has 7 heteroatoms. The Balaban J connectivity index is 2.38. The van der Waals surface area contributed by atoms with E-state index in [9.17, 15) is 12.8 Å². The zero-order valence-electron chi connectivity index (χ0n) is 10.2. The van der Waals surface area contributed by atoms with Crippen molar-refractivity contribution in [3.63, 3.8) is 0 Å². The maximum absolute atomic E-state index is 13.8. The van der Waals surface area contributed by atoms with Crippen LogP contribution in [-0.2, 0) is 10.0 Å². The topological polar surface area (TPSA) is 57.6 Å². The van der Waals surface area contributed by atoms with Crippen LogP contribution < -0.4 is 0 Å². The van der Waals surface area contributed by atoms with Crippen LogP contribution in [0.2, 0.25) is 0 Å². The minimum Gasteiger partial charge on any atom is -0.395 e. The van der Waals surface area contributed by atoms with Crippen molar-refractivity contribution in [2.75, 3.05) is 13.2 Å². The highest BCUT2D eigenvalue weighted by Crippen LogP contribution is 2.31. The molecule has 1 N–H and O–H groups in total. The van der Waals surface area contributed by atoms with Gasteiger partial charge in [0.25, 0.3) is 0 Å². The lowest BCUT2D eigenvalue weighted by Crippen LogP contribution is -2.45. The molecule has 1 saturated carbocycles. The molecule has 1 aromatic carbocycles. The summed E-state index contributed by atoms with van der Waals surface area (Å²) in [6.07, 6.45) is 2.49. The molecule has 1 aliphatic carbocycles. The van der Waals surface area contributed by atoms with Gasteiger partial charge in [-0.3, -0.25) is 0 Å². The molecule has 0 aromatic heterocycles. The number of aliphatic hydroxyl groups is 1. The molecule has 19 heavy (non-hydrogen) atoms. The van der Waals surface area contributed by atoms with Crippen LogP contribution in [0.3, 0.4) is 0 Å². The average Bonchev–Trinajstić information content (AvgIpc) is 2.25. The molecule has 1 fully saturated rings. The van der Waals surface area contributed by atoms with Crippen LogP contribution in [0.1, 0.15) is 19.3 Å². The lowest BCUT2D eigenvalue weighted by Gasteiger charge is -2.36. The monoisotopic (exact) mass is 351 g/mol. The maximum Gasteiger partial charge on any atom is 0.246 e. The molecular formula is C12H15BrFNO3S. The van der Waals surface area contributed by atoms with Gasteiger partial charge in [-0.05, 0) is 31.0 Å². The molecule has 106 valence electrons. The van der Waals surface area contributed by atoms with Crippen molar-refractivity contribution in [3.05, 3.63) is 28.5 Å². The summed E-state index contributed by atoms with van der Waals surface area (Å²) in [7, 11) is -3.89. The predicted octanol–water partition coefficient (Wildman–Crippen LogP) is 2.12. The van der Waals surface area contributed by atoms with Crippen LogP contribution in [0, 0.1) is 5.82 Å². The number of hydrogen-bond acceptors (Lipinski definition) is 3. The predicted molar refractivity (Wildman–Crippen MR) is 72.7 cm³/mol. The highest BCUT2D eigenvalue weighted by molar-refractivity contribution is 9.10. The number of hydrogen-bond donors (Lipinski definition) is 1. The quantitative estimate of drug-likeness (QED) is 0.883. The van der Waals surface area contributed by atoms with E-state index in [-0.39, 0.29) is 24.1 Å². The first kappa shape index (κ1) is 14.9. The lowest BCUT2D eigenvalue weighted by atomic mass is 9.93. The van der Waals surface area contributed by atoms with Gasteiger partial charge in [-0.25, -0.2) is 12.8 Å². The Kier molecular flexibility index (Phi) is 4.60. The van der Waals surface area contributed by atoms with Crippen molar-refractivity contribution in [1.29, 1.82) is 0 Å². The van der Waals surface area contributed by atoms with Crippen LogP contribution in [0.15, 0.2) is 27.6 Å². The Morgan fingerprint density at radius 1 is 1.42 bits per heavy atom. The molecule has 0 aliphatic heterocycles. The number of benzene rings is 1. The molecule has 0 heterocycles. The minimum absolute atomic E-state index is 0.00248. The van der Waals surface area contributed by atoms with Crippen molar-refractivity contribution in [1.82, 2.24) is 4.31 Å². The molecule has 0 amide bonds. The summed E-state index contributed by atoms with van der Waals surface area (Å²) in [5.74, 6) is -0.781. The number of rotatable bonds is 5. The van der Waals surface area contributed by atoms with Gasteiger partial charge in [0.1, 0.15) is 10.7 Å². The first-order chi connectivity index (χ1) is 8.96. The highest BCUT2D eigenvalue weighted by atomic mass is 79.9. The van der Waals surface area contributed by atoms with E-state index >= 15 is 0 Å². The van der Waals surface area contributed by atoms with Crippen molar-refractivity contribution in [3.8, 4) is 0 Å². The van der Waals surface area contributed by atoms with E-state index < -0.39 is 15.8 Å². The van der Waals surface area contributed by atoms with E-state index in [1.165, 1.54) is 16.4 Å². The zero-order valence-corrected chi connectivity index (χ0v) is 12.6. The molecule has 4 nitrogen and oxygen atoms in total. The second kappa shape index (κ2) is 5.87. The Labute approximate surface area is 120 Å². The molecule has 0 spiro atoms. The van der Waals surface area contributed by atoms with Gasteiger partial charge in [0, 0.05) is 17.1 Å². The van der Waals surface area contributed by atoms with Crippen LogP contribution in [-0.4, -0.2) is 37.0 Å². The maximum atomic E-state index is 13.8. The minimum atomic E-state index is -3.89. The average molecular weight is 352 g/mol. The molecule has 0 saturated heterocycles. The van der Waals surface area contributed by atoms with Crippen molar-refractivity contribution < 1.29 is 17.9 Å². The van der Waals surface area contributed by atoms with Crippen LogP contribution in [0.25, 0.3) is 0 Å². The van der Waals surface area contributed by atoms with Gasteiger partial charge in [-0.15, -0.1) is 0 Å². The first-order valence-corrected chi connectivity index (χ1v) is 8.28. The van der Waals surface area contributed by atoms with Gasteiger partial charge in [-0.1, -0.05) is 22.4 Å². The molecule has 0 atom stereocenters. The SMILES string of the molecule is O=S(=O)(c1ccc(Br)cc1F)N(CCO)C1CCC1. The summed E-state index contributed by atoms with van der Waals surface area (Å²) >= 11 is 3.10. The normalized spacial score (nSPS) is 16.6. The van der Waals surface area contributed by atoms with Crippen molar-refractivity contribution in [2.24, 2.45) is 0 Å². The Hall–Kier alpha value is -0.500. The second-order valence-corrected chi connectivity index (χ2v) is 7.27. The highest BCUT2D eigenvalue weighted by Gasteiger charge is 2.35. The molecule has 0 radical (unpaired) electrons. The van der Waals surface area contributed by atoms with Crippen LogP contribution >= 0.6 is 15.9 Å². The van der Waals surface area contributed by atoms with E-state index in [0.717, 1.165) is 25.3 Å². The second-order valence-electron chi connectivity index (χ2n) is 4.50. The van der Waals surface area contributed by atoms with Gasteiger partial charge < -0.3 is 5.11 Å². The van der Waals surface area contributed by atoms with E-state index in [4.69, 9.17) is 5.11 Å². The molecule has 1 aromatic rings.